The van der Waals surface area contributed by atoms with Crippen molar-refractivity contribution in [2.24, 2.45) is 5.92 Å². The predicted molar refractivity (Wildman–Crippen MR) is 98.5 cm³/mol. The van der Waals surface area contributed by atoms with E-state index >= 15 is 0 Å². The third kappa shape index (κ3) is 4.86. The summed E-state index contributed by atoms with van der Waals surface area (Å²) >= 11 is 0. The van der Waals surface area contributed by atoms with Crippen molar-refractivity contribution in [3.05, 3.63) is 11.8 Å². The zero-order valence-electron chi connectivity index (χ0n) is 16.0. The fraction of sp³-hybridized carbons (Fsp3) is 0.706. The lowest BCUT2D eigenvalue weighted by Crippen LogP contribution is -2.49. The molecule has 27 heavy (non-hydrogen) atoms. The van der Waals surface area contributed by atoms with Crippen LogP contribution in [-0.2, 0) is 19.6 Å². The highest BCUT2D eigenvalue weighted by Gasteiger charge is 2.40. The summed E-state index contributed by atoms with van der Waals surface area (Å²) in [5, 5.41) is 8.69. The third-order valence-electron chi connectivity index (χ3n) is 4.69. The number of esters is 1. The third-order valence-corrected chi connectivity index (χ3v) is 6.65. The lowest BCUT2D eigenvalue weighted by molar-refractivity contribution is -0.126. The molecule has 0 saturated carbocycles. The number of aromatic nitrogens is 2. The van der Waals surface area contributed by atoms with Crippen LogP contribution in [-0.4, -0.2) is 60.5 Å². The number of carbonyl (C=O) groups is 2. The highest BCUT2D eigenvalue weighted by Crippen LogP contribution is 2.29. The van der Waals surface area contributed by atoms with Crippen LogP contribution in [0.15, 0.2) is 11.2 Å². The molecular weight excluding hydrogens is 372 g/mol. The average Bonchev–Trinajstić information content (AvgIpc) is 3.13. The monoisotopic (exact) mass is 400 g/mol. The van der Waals surface area contributed by atoms with Gasteiger partial charge in [0.1, 0.15) is 5.56 Å². The summed E-state index contributed by atoms with van der Waals surface area (Å²) in [5.41, 5.74) is -0.126. The number of sulfonamides is 1. The smallest absolute Gasteiger partial charge is 0.342 e. The van der Waals surface area contributed by atoms with E-state index in [4.69, 9.17) is 4.74 Å². The van der Waals surface area contributed by atoms with Gasteiger partial charge >= 0.3 is 5.97 Å². The van der Waals surface area contributed by atoms with Crippen molar-refractivity contribution in [1.29, 1.82) is 0 Å². The van der Waals surface area contributed by atoms with E-state index in [2.05, 4.69) is 15.5 Å². The average molecular weight is 401 g/mol. The summed E-state index contributed by atoms with van der Waals surface area (Å²) in [5.74, 6) is -1.30. The lowest BCUT2D eigenvalue weighted by atomic mass is 9.94. The second-order valence-electron chi connectivity index (χ2n) is 6.68. The molecule has 1 aromatic heterocycles. The molecule has 10 heteroatoms. The molecule has 2 N–H and O–H groups in total. The van der Waals surface area contributed by atoms with Gasteiger partial charge in [-0.15, -0.1) is 0 Å². The van der Waals surface area contributed by atoms with Gasteiger partial charge in [-0.05, 0) is 33.1 Å². The zero-order valence-corrected chi connectivity index (χ0v) is 16.8. The summed E-state index contributed by atoms with van der Waals surface area (Å²) in [6, 6.07) is -0.284. The van der Waals surface area contributed by atoms with Crippen molar-refractivity contribution in [2.45, 2.75) is 57.5 Å². The van der Waals surface area contributed by atoms with Gasteiger partial charge in [-0.2, -0.15) is 9.40 Å². The Balaban J connectivity index is 2.20. The Kier molecular flexibility index (Phi) is 7.37. The second-order valence-corrected chi connectivity index (χ2v) is 8.50. The Labute approximate surface area is 159 Å². The predicted octanol–water partition coefficient (Wildman–Crippen LogP) is 1.29. The molecule has 9 nitrogen and oxygen atoms in total. The summed E-state index contributed by atoms with van der Waals surface area (Å²) < 4.78 is 32.4. The Morgan fingerprint density at radius 3 is 2.78 bits per heavy atom. The summed E-state index contributed by atoms with van der Waals surface area (Å²) in [7, 11) is -4.02. The van der Waals surface area contributed by atoms with Crippen molar-refractivity contribution >= 4 is 21.9 Å². The van der Waals surface area contributed by atoms with E-state index < -0.39 is 21.9 Å². The molecule has 0 unspecified atom stereocenters. The normalized spacial score (nSPS) is 21.0. The Bertz CT molecular complexity index is 761. The zero-order chi connectivity index (χ0) is 20.0. The first kappa shape index (κ1) is 21.4. The molecule has 0 bridgehead atoms. The van der Waals surface area contributed by atoms with E-state index in [0.717, 1.165) is 19.0 Å². The molecule has 2 heterocycles. The number of rotatable bonds is 8. The quantitative estimate of drug-likeness (QED) is 0.501. The van der Waals surface area contributed by atoms with Crippen LogP contribution in [0.3, 0.4) is 0 Å². The number of aromatic amines is 1. The Morgan fingerprint density at radius 1 is 1.37 bits per heavy atom. The van der Waals surface area contributed by atoms with Gasteiger partial charge in [0.05, 0.1) is 18.7 Å². The van der Waals surface area contributed by atoms with Gasteiger partial charge < -0.3 is 10.1 Å². The first-order chi connectivity index (χ1) is 12.8. The van der Waals surface area contributed by atoms with Gasteiger partial charge in [0, 0.05) is 19.1 Å². The van der Waals surface area contributed by atoms with E-state index in [0.29, 0.717) is 19.4 Å². The first-order valence-corrected chi connectivity index (χ1v) is 10.8. The largest absolute Gasteiger partial charge is 0.462 e. The molecule has 1 saturated heterocycles. The fourth-order valence-corrected chi connectivity index (χ4v) is 4.87. The Morgan fingerprint density at radius 2 is 2.11 bits per heavy atom. The summed E-state index contributed by atoms with van der Waals surface area (Å²) in [6.45, 7) is 6.26. The molecule has 1 fully saturated rings. The number of ether oxygens (including phenoxy) is 1. The molecule has 0 aromatic carbocycles. The maximum atomic E-state index is 13.1. The number of nitrogens with one attached hydrogen (secondary N) is 2. The Hall–Kier alpha value is -1.94. The molecule has 0 aliphatic carbocycles. The number of amides is 1. The van der Waals surface area contributed by atoms with Gasteiger partial charge in [-0.25, -0.2) is 13.2 Å². The molecule has 1 aliphatic heterocycles. The molecule has 1 amide bonds. The summed E-state index contributed by atoms with van der Waals surface area (Å²) in [4.78, 5) is 24.4. The maximum absolute atomic E-state index is 13.1. The van der Waals surface area contributed by atoms with Crippen LogP contribution in [0.2, 0.25) is 0 Å². The maximum Gasteiger partial charge on any atom is 0.342 e. The van der Waals surface area contributed by atoms with Crippen LogP contribution >= 0.6 is 0 Å². The number of nitrogens with zero attached hydrogens (tertiary/aromatic N) is 2. The van der Waals surface area contributed by atoms with Crippen LogP contribution < -0.4 is 5.32 Å². The van der Waals surface area contributed by atoms with E-state index in [1.807, 2.05) is 6.92 Å². The highest BCUT2D eigenvalue weighted by molar-refractivity contribution is 7.89. The minimum atomic E-state index is -4.02. The number of hydrogen-bond acceptors (Lipinski definition) is 6. The molecule has 2 atom stereocenters. The van der Waals surface area contributed by atoms with Gasteiger partial charge in [-0.3, -0.25) is 9.89 Å². The number of H-pyrrole nitrogens is 1. The summed E-state index contributed by atoms with van der Waals surface area (Å²) in [6.07, 6.45) is 4.19. The molecule has 0 radical (unpaired) electrons. The molecular formula is C17H28N4O5S. The molecule has 1 aromatic rings. The number of carbonyl (C=O) groups excluding carboxylic acids is 2. The van der Waals surface area contributed by atoms with Crippen LogP contribution in [0.1, 0.15) is 56.8 Å². The standard InChI is InChI=1S/C17H28N4O5S/c1-4-6-9-18-15(22)13-8-7-12(3)21(11-13)27(24,25)16-14(10-19-20-16)17(23)26-5-2/h10,12-13H,4-9,11H2,1-3H3,(H,18,22)(H,19,20)/t12-,13-/m1/s1. The van der Waals surface area contributed by atoms with E-state index in [1.54, 1.807) is 13.8 Å². The van der Waals surface area contributed by atoms with Crippen LogP contribution in [0.5, 0.6) is 0 Å². The molecule has 2 rings (SSSR count). The lowest BCUT2D eigenvalue weighted by Gasteiger charge is -2.36. The van der Waals surface area contributed by atoms with E-state index in [9.17, 15) is 18.0 Å². The number of unbranched alkanes of at least 4 members (excludes halogenated alkanes) is 1. The van der Waals surface area contributed by atoms with Crippen molar-refractivity contribution in [3.8, 4) is 0 Å². The molecule has 152 valence electrons. The van der Waals surface area contributed by atoms with Crippen molar-refractivity contribution < 1.29 is 22.7 Å². The van der Waals surface area contributed by atoms with Crippen LogP contribution in [0.4, 0.5) is 0 Å². The second kappa shape index (κ2) is 9.32. The van der Waals surface area contributed by atoms with Gasteiger partial charge in [0.2, 0.25) is 5.91 Å². The first-order valence-electron chi connectivity index (χ1n) is 9.32. The van der Waals surface area contributed by atoms with Gasteiger partial charge in [0.15, 0.2) is 5.03 Å². The van der Waals surface area contributed by atoms with Crippen molar-refractivity contribution in [1.82, 2.24) is 19.8 Å². The fourth-order valence-electron chi connectivity index (χ4n) is 3.10. The van der Waals surface area contributed by atoms with E-state index in [-0.39, 0.29) is 35.7 Å². The van der Waals surface area contributed by atoms with Gasteiger partial charge in [0.25, 0.3) is 10.0 Å². The minimum absolute atomic E-state index is 0.0722. The van der Waals surface area contributed by atoms with Gasteiger partial charge in [-0.1, -0.05) is 13.3 Å². The van der Waals surface area contributed by atoms with Crippen LogP contribution in [0, 0.1) is 5.92 Å². The van der Waals surface area contributed by atoms with Crippen molar-refractivity contribution in [3.63, 3.8) is 0 Å². The van der Waals surface area contributed by atoms with Crippen molar-refractivity contribution in [2.75, 3.05) is 19.7 Å². The van der Waals surface area contributed by atoms with E-state index in [1.165, 1.54) is 4.31 Å². The number of hydrogen-bond donors (Lipinski definition) is 2. The molecule has 1 aliphatic rings. The molecule has 0 spiro atoms. The van der Waals surface area contributed by atoms with Crippen LogP contribution in [0.25, 0.3) is 0 Å². The minimum Gasteiger partial charge on any atom is -0.462 e. The SMILES string of the molecule is CCCCNC(=O)[C@@H]1CC[C@@H](C)N(S(=O)(=O)c2[nH]ncc2C(=O)OCC)C1. The number of piperidine rings is 1. The topological polar surface area (TPSA) is 121 Å². The highest BCUT2D eigenvalue weighted by atomic mass is 32.2.